The van der Waals surface area contributed by atoms with Crippen LogP contribution in [0.1, 0.15) is 0 Å². The molecule has 16 heavy (non-hydrogen) atoms. The van der Waals surface area contributed by atoms with Crippen molar-refractivity contribution in [1.29, 1.82) is 0 Å². The number of hydrogen-bond donors (Lipinski definition) is 0. The predicted octanol–water partition coefficient (Wildman–Crippen LogP) is 2.56. The molecule has 1 saturated heterocycles. The number of carbonyl (C=O) groups excluding carboxylic acids is 1. The van der Waals surface area contributed by atoms with E-state index in [2.05, 4.69) is 0 Å². The highest BCUT2D eigenvalue weighted by atomic mass is 35.5. The van der Waals surface area contributed by atoms with Gasteiger partial charge in [-0.3, -0.25) is 9.69 Å². The maximum atomic E-state index is 11.7. The zero-order valence-corrected chi connectivity index (χ0v) is 10.7. The molecule has 0 aromatic heterocycles. The van der Waals surface area contributed by atoms with E-state index >= 15 is 0 Å². The number of amides is 1. The fourth-order valence-electron chi connectivity index (χ4n) is 1.50. The third-order valence-corrected chi connectivity index (χ3v) is 3.53. The van der Waals surface area contributed by atoms with Crippen LogP contribution in [0.3, 0.4) is 0 Å². The molecule has 1 fully saturated rings. The lowest BCUT2D eigenvalue weighted by Crippen LogP contribution is -2.31. The molecular weight excluding hydrogens is 267 g/mol. The number of anilines is 1. The first-order chi connectivity index (χ1) is 7.50. The van der Waals surface area contributed by atoms with E-state index in [4.69, 9.17) is 35.4 Å². The van der Waals surface area contributed by atoms with Gasteiger partial charge in [0.1, 0.15) is 0 Å². The second-order valence-electron chi connectivity index (χ2n) is 3.47. The van der Waals surface area contributed by atoms with E-state index in [9.17, 15) is 4.79 Å². The molecule has 2 rings (SSSR count). The van der Waals surface area contributed by atoms with Crippen LogP contribution in [0.4, 0.5) is 5.69 Å². The number of benzene rings is 1. The molecule has 0 unspecified atom stereocenters. The molecule has 0 saturated carbocycles. The highest BCUT2D eigenvalue weighted by Crippen LogP contribution is 2.29. The summed E-state index contributed by atoms with van der Waals surface area (Å²) in [6.07, 6.45) is 0. The van der Waals surface area contributed by atoms with E-state index < -0.39 is 0 Å². The van der Waals surface area contributed by atoms with Crippen molar-refractivity contribution in [2.24, 2.45) is 0 Å². The first kappa shape index (κ1) is 11.6. The summed E-state index contributed by atoms with van der Waals surface area (Å²) in [4.78, 5) is 14.9. The van der Waals surface area contributed by atoms with Crippen LogP contribution in [-0.2, 0) is 4.79 Å². The van der Waals surface area contributed by atoms with Gasteiger partial charge in [-0.15, -0.1) is 0 Å². The van der Waals surface area contributed by atoms with E-state index in [1.54, 1.807) is 30.1 Å². The topological polar surface area (TPSA) is 23.6 Å². The fraction of sp³-hybridized carbons (Fsp3) is 0.200. The maximum absolute atomic E-state index is 11.7. The highest BCUT2D eigenvalue weighted by molar-refractivity contribution is 7.80. The lowest BCUT2D eigenvalue weighted by molar-refractivity contribution is -0.116. The molecule has 1 aliphatic heterocycles. The van der Waals surface area contributed by atoms with Crippen molar-refractivity contribution in [2.75, 3.05) is 18.5 Å². The van der Waals surface area contributed by atoms with Crippen LogP contribution in [0.5, 0.6) is 0 Å². The number of carbonyl (C=O) groups is 1. The number of nitrogens with zero attached hydrogens (tertiary/aromatic N) is 2. The predicted molar refractivity (Wildman–Crippen MR) is 69.2 cm³/mol. The van der Waals surface area contributed by atoms with Crippen LogP contribution in [0.25, 0.3) is 0 Å². The lowest BCUT2D eigenvalue weighted by Gasteiger charge is -2.17. The second kappa shape index (κ2) is 4.20. The lowest BCUT2D eigenvalue weighted by atomic mass is 10.3. The molecule has 1 aromatic carbocycles. The molecule has 0 atom stereocenters. The van der Waals surface area contributed by atoms with E-state index in [-0.39, 0.29) is 5.91 Å². The third kappa shape index (κ3) is 1.88. The van der Waals surface area contributed by atoms with Gasteiger partial charge in [-0.25, -0.2) is 0 Å². The molecule has 1 aromatic rings. The fourth-order valence-corrected chi connectivity index (χ4v) is 2.06. The minimum atomic E-state index is -0.0640. The summed E-state index contributed by atoms with van der Waals surface area (Å²) in [5.74, 6) is -0.0640. The normalized spacial score (nSPS) is 16.2. The molecule has 0 spiro atoms. The Morgan fingerprint density at radius 3 is 2.50 bits per heavy atom. The summed E-state index contributed by atoms with van der Waals surface area (Å²) < 4.78 is 0. The standard InChI is InChI=1S/C10H8Cl2N2OS/c1-13-5-9(15)14(10(13)16)6-2-3-7(11)8(12)4-6/h2-4H,5H2,1H3. The minimum Gasteiger partial charge on any atom is -0.342 e. The average Bonchev–Trinajstić information content (AvgIpc) is 2.47. The summed E-state index contributed by atoms with van der Waals surface area (Å²) >= 11 is 16.9. The number of rotatable bonds is 1. The first-order valence-corrected chi connectivity index (χ1v) is 5.70. The first-order valence-electron chi connectivity index (χ1n) is 4.54. The Hall–Kier alpha value is -0.840. The summed E-state index contributed by atoms with van der Waals surface area (Å²) in [7, 11) is 1.78. The van der Waals surface area contributed by atoms with Crippen LogP contribution in [0.15, 0.2) is 18.2 Å². The van der Waals surface area contributed by atoms with Gasteiger partial charge in [0.25, 0.3) is 5.91 Å². The van der Waals surface area contributed by atoms with Gasteiger partial charge in [0.2, 0.25) is 0 Å². The van der Waals surface area contributed by atoms with E-state index in [0.29, 0.717) is 27.4 Å². The Kier molecular flexibility index (Phi) is 3.06. The largest absolute Gasteiger partial charge is 0.342 e. The molecule has 0 N–H and O–H groups in total. The van der Waals surface area contributed by atoms with Crippen LogP contribution in [0.2, 0.25) is 10.0 Å². The van der Waals surface area contributed by atoms with E-state index in [1.165, 1.54) is 4.90 Å². The molecular formula is C10H8Cl2N2OS. The molecule has 1 heterocycles. The Morgan fingerprint density at radius 1 is 1.31 bits per heavy atom. The van der Waals surface area contributed by atoms with Crippen molar-refractivity contribution in [3.63, 3.8) is 0 Å². The number of halogens is 2. The van der Waals surface area contributed by atoms with E-state index in [1.807, 2.05) is 0 Å². The van der Waals surface area contributed by atoms with Crippen molar-refractivity contribution in [3.05, 3.63) is 28.2 Å². The summed E-state index contributed by atoms with van der Waals surface area (Å²) in [5.41, 5.74) is 0.647. The van der Waals surface area contributed by atoms with Crippen LogP contribution in [-0.4, -0.2) is 29.5 Å². The SMILES string of the molecule is CN1CC(=O)N(c2ccc(Cl)c(Cl)c2)C1=S. The van der Waals surface area contributed by atoms with Gasteiger partial charge >= 0.3 is 0 Å². The summed E-state index contributed by atoms with van der Waals surface area (Å²) in [6, 6.07) is 5.00. The number of hydrogen-bond acceptors (Lipinski definition) is 2. The quantitative estimate of drug-likeness (QED) is 0.736. The molecule has 1 amide bonds. The molecule has 0 bridgehead atoms. The van der Waals surface area contributed by atoms with Crippen LogP contribution >= 0.6 is 35.4 Å². The molecule has 0 radical (unpaired) electrons. The zero-order valence-electron chi connectivity index (χ0n) is 8.41. The summed E-state index contributed by atoms with van der Waals surface area (Å²) in [6.45, 7) is 0.291. The minimum absolute atomic E-state index is 0.0640. The monoisotopic (exact) mass is 274 g/mol. The van der Waals surface area contributed by atoms with Gasteiger partial charge in [0.15, 0.2) is 5.11 Å². The van der Waals surface area contributed by atoms with Crippen molar-refractivity contribution >= 4 is 52.1 Å². The van der Waals surface area contributed by atoms with Crippen molar-refractivity contribution < 1.29 is 4.79 Å². The molecule has 1 aliphatic rings. The van der Waals surface area contributed by atoms with Crippen LogP contribution in [0, 0.1) is 0 Å². The summed E-state index contributed by atoms with van der Waals surface area (Å²) in [5, 5.41) is 1.34. The molecule has 3 nitrogen and oxygen atoms in total. The number of likely N-dealkylation sites (N-methyl/N-ethyl adjacent to an activating group) is 1. The Balaban J connectivity index is 2.41. The highest BCUT2D eigenvalue weighted by Gasteiger charge is 2.31. The van der Waals surface area contributed by atoms with E-state index in [0.717, 1.165) is 0 Å². The van der Waals surface area contributed by atoms with Gasteiger partial charge in [-0.1, -0.05) is 23.2 Å². The van der Waals surface area contributed by atoms with Crippen molar-refractivity contribution in [2.45, 2.75) is 0 Å². The Labute approximate surface area is 109 Å². The van der Waals surface area contributed by atoms with Gasteiger partial charge in [-0.2, -0.15) is 0 Å². The molecule has 84 valence electrons. The Morgan fingerprint density at radius 2 is 2.00 bits per heavy atom. The average molecular weight is 275 g/mol. The zero-order chi connectivity index (χ0) is 11.9. The van der Waals surface area contributed by atoms with Crippen molar-refractivity contribution in [1.82, 2.24) is 4.90 Å². The van der Waals surface area contributed by atoms with Crippen LogP contribution < -0.4 is 4.90 Å². The molecule has 0 aliphatic carbocycles. The third-order valence-electron chi connectivity index (χ3n) is 2.30. The smallest absolute Gasteiger partial charge is 0.252 e. The van der Waals surface area contributed by atoms with Gasteiger partial charge in [-0.05, 0) is 30.4 Å². The second-order valence-corrected chi connectivity index (χ2v) is 4.65. The van der Waals surface area contributed by atoms with Gasteiger partial charge in [0, 0.05) is 7.05 Å². The van der Waals surface area contributed by atoms with Gasteiger partial charge < -0.3 is 4.90 Å². The molecule has 6 heteroatoms. The van der Waals surface area contributed by atoms with Gasteiger partial charge in [0.05, 0.1) is 22.3 Å². The Bertz CT molecular complexity index is 478. The van der Waals surface area contributed by atoms with Crippen molar-refractivity contribution in [3.8, 4) is 0 Å². The maximum Gasteiger partial charge on any atom is 0.252 e. The number of thiocarbonyl (C=S) groups is 1.